The number of hydrogen-bond donors (Lipinski definition) is 1. The Morgan fingerprint density at radius 2 is 1.88 bits per heavy atom. The number of nitrogens with zero attached hydrogens (tertiary/aromatic N) is 1. The van der Waals surface area contributed by atoms with Gasteiger partial charge >= 0.3 is 10.1 Å². The Kier molecular flexibility index (Phi) is 5.75. The monoisotopic (exact) mass is 374 g/mol. The molecule has 0 spiro atoms. The highest BCUT2D eigenvalue weighted by atomic mass is 32.2. The molecule has 2 aromatic rings. The summed E-state index contributed by atoms with van der Waals surface area (Å²) in [5.41, 5.74) is 6.14. The molecule has 2 aromatic carbocycles. The SMILES string of the molecule is COc1cc(/C=C(/C#N)C(N)=S)ccc1OS(=O)(=O)c1ccccc1. The molecule has 0 unspecified atom stereocenters. The Bertz CT molecular complexity index is 962. The average molecular weight is 374 g/mol. The molecule has 0 saturated heterocycles. The van der Waals surface area contributed by atoms with Crippen LogP contribution in [0, 0.1) is 11.3 Å². The van der Waals surface area contributed by atoms with Crippen LogP contribution in [0.1, 0.15) is 5.56 Å². The zero-order chi connectivity index (χ0) is 18.4. The molecule has 0 fully saturated rings. The van der Waals surface area contributed by atoms with Crippen LogP contribution < -0.4 is 14.7 Å². The third-order valence-corrected chi connectivity index (χ3v) is 4.58. The van der Waals surface area contributed by atoms with E-state index in [2.05, 4.69) is 0 Å². The maximum absolute atomic E-state index is 12.3. The Balaban J connectivity index is 2.38. The Morgan fingerprint density at radius 3 is 2.44 bits per heavy atom. The minimum atomic E-state index is -3.99. The van der Waals surface area contributed by atoms with Crippen molar-refractivity contribution in [2.45, 2.75) is 4.90 Å². The van der Waals surface area contributed by atoms with Gasteiger partial charge in [0.15, 0.2) is 11.5 Å². The molecule has 25 heavy (non-hydrogen) atoms. The smallest absolute Gasteiger partial charge is 0.339 e. The molecule has 0 aliphatic carbocycles. The number of rotatable bonds is 6. The fraction of sp³-hybridized carbons (Fsp3) is 0.0588. The van der Waals surface area contributed by atoms with E-state index in [0.29, 0.717) is 5.56 Å². The highest BCUT2D eigenvalue weighted by Gasteiger charge is 2.18. The zero-order valence-electron chi connectivity index (χ0n) is 13.2. The van der Waals surface area contributed by atoms with Gasteiger partial charge < -0.3 is 14.7 Å². The predicted octanol–water partition coefficient (Wildman–Crippen LogP) is 2.66. The normalized spacial score (nSPS) is 11.4. The van der Waals surface area contributed by atoms with E-state index >= 15 is 0 Å². The molecule has 0 bridgehead atoms. The lowest BCUT2D eigenvalue weighted by Gasteiger charge is -2.11. The molecule has 2 N–H and O–H groups in total. The van der Waals surface area contributed by atoms with Crippen LogP contribution in [-0.2, 0) is 10.1 Å². The molecule has 0 aliphatic heterocycles. The third kappa shape index (κ3) is 4.56. The Morgan fingerprint density at radius 1 is 1.20 bits per heavy atom. The first kappa shape index (κ1) is 18.4. The molecule has 0 aliphatic rings. The van der Waals surface area contributed by atoms with Gasteiger partial charge in [-0.15, -0.1) is 0 Å². The van der Waals surface area contributed by atoms with Crippen LogP contribution in [0.15, 0.2) is 59.0 Å². The molecule has 0 saturated carbocycles. The molecule has 6 nitrogen and oxygen atoms in total. The quantitative estimate of drug-likeness (QED) is 0.359. The first-order chi connectivity index (χ1) is 11.9. The average Bonchev–Trinajstić information content (AvgIpc) is 2.61. The lowest BCUT2D eigenvalue weighted by Crippen LogP contribution is -2.10. The second kappa shape index (κ2) is 7.79. The molecule has 0 amide bonds. The van der Waals surface area contributed by atoms with Crippen LogP contribution in [0.2, 0.25) is 0 Å². The summed E-state index contributed by atoms with van der Waals surface area (Å²) < 4.78 is 34.9. The van der Waals surface area contributed by atoms with Crippen molar-refractivity contribution in [1.29, 1.82) is 5.26 Å². The van der Waals surface area contributed by atoms with E-state index < -0.39 is 10.1 Å². The first-order valence-corrected chi connectivity index (χ1v) is 8.78. The van der Waals surface area contributed by atoms with Crippen LogP contribution in [0.25, 0.3) is 6.08 Å². The zero-order valence-corrected chi connectivity index (χ0v) is 14.8. The summed E-state index contributed by atoms with van der Waals surface area (Å²) in [7, 11) is -2.61. The second-order valence-corrected chi connectivity index (χ2v) is 6.78. The molecule has 0 heterocycles. The van der Waals surface area contributed by atoms with Gasteiger partial charge in [-0.05, 0) is 35.9 Å². The summed E-state index contributed by atoms with van der Waals surface area (Å²) in [5.74, 6) is 0.214. The summed E-state index contributed by atoms with van der Waals surface area (Å²) >= 11 is 4.78. The van der Waals surface area contributed by atoms with Crippen molar-refractivity contribution in [2.24, 2.45) is 5.73 Å². The van der Waals surface area contributed by atoms with Crippen molar-refractivity contribution in [3.8, 4) is 17.6 Å². The number of hydrogen-bond acceptors (Lipinski definition) is 6. The Labute approximate surface area is 151 Å². The van der Waals surface area contributed by atoms with E-state index in [1.807, 2.05) is 6.07 Å². The fourth-order valence-electron chi connectivity index (χ4n) is 1.92. The fourth-order valence-corrected chi connectivity index (χ4v) is 2.99. The van der Waals surface area contributed by atoms with Gasteiger partial charge in [0.2, 0.25) is 0 Å². The molecule has 2 rings (SSSR count). The van der Waals surface area contributed by atoms with E-state index in [1.54, 1.807) is 24.3 Å². The highest BCUT2D eigenvalue weighted by molar-refractivity contribution is 7.87. The molecule has 0 aromatic heterocycles. The minimum Gasteiger partial charge on any atom is -0.493 e. The standard InChI is InChI=1S/C17H14N2O4S2/c1-22-16-10-12(9-13(11-18)17(19)24)7-8-15(16)23-25(20,21)14-5-3-2-4-6-14/h2-10H,1H3,(H2,19,24)/b13-9-. The summed E-state index contributed by atoms with van der Waals surface area (Å²) in [4.78, 5) is -0.00489. The second-order valence-electron chi connectivity index (χ2n) is 4.79. The summed E-state index contributed by atoms with van der Waals surface area (Å²) in [5, 5.41) is 9.00. The van der Waals surface area contributed by atoms with E-state index in [9.17, 15) is 8.42 Å². The van der Waals surface area contributed by atoms with Gasteiger partial charge in [-0.3, -0.25) is 0 Å². The largest absolute Gasteiger partial charge is 0.493 e. The number of benzene rings is 2. The predicted molar refractivity (Wildman–Crippen MR) is 97.6 cm³/mol. The Hall–Kier alpha value is -2.89. The summed E-state index contributed by atoms with van der Waals surface area (Å²) in [6, 6.07) is 14.2. The van der Waals surface area contributed by atoms with Crippen LogP contribution in [0.4, 0.5) is 0 Å². The van der Waals surface area contributed by atoms with Crippen molar-refractivity contribution >= 4 is 33.4 Å². The maximum atomic E-state index is 12.3. The van der Waals surface area contributed by atoms with E-state index in [-0.39, 0.29) is 27.0 Å². The number of thiocarbonyl (C=S) groups is 1. The van der Waals surface area contributed by atoms with Gasteiger partial charge in [0, 0.05) is 0 Å². The van der Waals surface area contributed by atoms with Crippen LogP contribution >= 0.6 is 12.2 Å². The van der Waals surface area contributed by atoms with Gasteiger partial charge in [0.1, 0.15) is 16.0 Å². The van der Waals surface area contributed by atoms with Crippen LogP contribution in [0.3, 0.4) is 0 Å². The van der Waals surface area contributed by atoms with Gasteiger partial charge in [-0.25, -0.2) is 0 Å². The summed E-state index contributed by atoms with van der Waals surface area (Å²) in [6.07, 6.45) is 1.47. The molecular formula is C17H14N2O4S2. The van der Waals surface area contributed by atoms with E-state index in [4.69, 9.17) is 32.1 Å². The van der Waals surface area contributed by atoms with Crippen molar-refractivity contribution in [2.75, 3.05) is 7.11 Å². The van der Waals surface area contributed by atoms with Crippen LogP contribution in [0.5, 0.6) is 11.5 Å². The number of methoxy groups -OCH3 is 1. The van der Waals surface area contributed by atoms with Gasteiger partial charge in [0.05, 0.1) is 12.7 Å². The molecule has 0 radical (unpaired) electrons. The number of nitriles is 1. The van der Waals surface area contributed by atoms with E-state index in [1.165, 1.54) is 37.5 Å². The van der Waals surface area contributed by atoms with Crippen molar-refractivity contribution in [1.82, 2.24) is 0 Å². The van der Waals surface area contributed by atoms with Gasteiger partial charge in [0.25, 0.3) is 0 Å². The molecule has 8 heteroatoms. The van der Waals surface area contributed by atoms with Crippen molar-refractivity contribution in [3.05, 3.63) is 59.7 Å². The van der Waals surface area contributed by atoms with Gasteiger partial charge in [-0.1, -0.05) is 36.5 Å². The van der Waals surface area contributed by atoms with Crippen molar-refractivity contribution in [3.63, 3.8) is 0 Å². The third-order valence-electron chi connectivity index (χ3n) is 3.12. The topological polar surface area (TPSA) is 102 Å². The van der Waals surface area contributed by atoms with Crippen molar-refractivity contribution < 1.29 is 17.3 Å². The van der Waals surface area contributed by atoms with Crippen LogP contribution in [-0.4, -0.2) is 20.5 Å². The van der Waals surface area contributed by atoms with Gasteiger partial charge in [-0.2, -0.15) is 13.7 Å². The number of nitrogens with two attached hydrogens (primary N) is 1. The first-order valence-electron chi connectivity index (χ1n) is 6.96. The summed E-state index contributed by atoms with van der Waals surface area (Å²) in [6.45, 7) is 0. The molecule has 128 valence electrons. The lowest BCUT2D eigenvalue weighted by atomic mass is 10.1. The minimum absolute atomic E-state index is 0.0253. The van der Waals surface area contributed by atoms with E-state index in [0.717, 1.165) is 0 Å². The maximum Gasteiger partial charge on any atom is 0.339 e. The lowest BCUT2D eigenvalue weighted by molar-refractivity contribution is 0.390. The molecular weight excluding hydrogens is 360 g/mol. The highest BCUT2D eigenvalue weighted by Crippen LogP contribution is 2.31. The molecule has 0 atom stereocenters. The number of ether oxygens (including phenoxy) is 1.